The van der Waals surface area contributed by atoms with Crippen LogP contribution in [0.3, 0.4) is 0 Å². The Morgan fingerprint density at radius 3 is 2.45 bits per heavy atom. The number of pyridine rings is 1. The predicted octanol–water partition coefficient (Wildman–Crippen LogP) is 6.68. The molecule has 1 fully saturated rings. The van der Waals surface area contributed by atoms with Crippen molar-refractivity contribution in [2.24, 2.45) is 0 Å². The maximum absolute atomic E-state index is 13.5. The van der Waals surface area contributed by atoms with E-state index in [9.17, 15) is 18.2 Å². The lowest BCUT2D eigenvalue weighted by Gasteiger charge is -2.31. The number of piperidine rings is 1. The molecule has 2 aliphatic heterocycles. The molecular formula is C35H37FN6O3S2. The number of aromatic nitrogens is 3. The van der Waals surface area contributed by atoms with Gasteiger partial charge in [0, 0.05) is 50.4 Å². The van der Waals surface area contributed by atoms with Crippen molar-refractivity contribution in [3.63, 3.8) is 0 Å². The Balaban J connectivity index is 0.991. The first-order valence-electron chi connectivity index (χ1n) is 16.2. The summed E-state index contributed by atoms with van der Waals surface area (Å²) in [5.74, 6) is 1.11. The second-order valence-electron chi connectivity index (χ2n) is 12.2. The van der Waals surface area contributed by atoms with Crippen LogP contribution in [0, 0.1) is 0 Å². The lowest BCUT2D eigenvalue weighted by Crippen LogP contribution is -2.37. The lowest BCUT2D eigenvalue weighted by molar-refractivity contribution is 0.0654. The van der Waals surface area contributed by atoms with Crippen LogP contribution in [-0.2, 0) is 17.4 Å². The zero-order chi connectivity index (χ0) is 32.7. The van der Waals surface area contributed by atoms with E-state index in [1.54, 1.807) is 35.6 Å². The first kappa shape index (κ1) is 31.6. The molecule has 3 aromatic heterocycles. The summed E-state index contributed by atoms with van der Waals surface area (Å²) in [5.41, 5.74) is 5.94. The zero-order valence-electron chi connectivity index (χ0n) is 26.5. The number of aryl methyl sites for hydroxylation is 1. The highest BCUT2D eigenvalue weighted by Gasteiger charge is 2.35. The molecule has 9 nitrogen and oxygen atoms in total. The summed E-state index contributed by atoms with van der Waals surface area (Å²) >= 11 is 1.57. The molecule has 12 heteroatoms. The Hall–Kier alpha value is -4.00. The van der Waals surface area contributed by atoms with Gasteiger partial charge in [0.1, 0.15) is 17.3 Å². The number of imide groups is 1. The van der Waals surface area contributed by atoms with Crippen molar-refractivity contribution in [3.8, 4) is 0 Å². The van der Waals surface area contributed by atoms with Crippen molar-refractivity contribution in [2.45, 2.75) is 51.4 Å². The molecule has 7 rings (SSSR count). The van der Waals surface area contributed by atoms with Crippen LogP contribution >= 0.6 is 11.3 Å². The van der Waals surface area contributed by atoms with E-state index < -0.39 is 11.0 Å². The number of carbonyl (C=O) groups excluding carboxylic acids is 2. The van der Waals surface area contributed by atoms with E-state index in [1.165, 1.54) is 16.5 Å². The SMILES string of the molecule is CCc1nc2ccc(C3CCN(S(=O)CCCN4C(=O)c5ccccc5C4=O)CC3)cn2c1N(C)c1nc(C2=CC=C(F)CC2)cs1. The van der Waals surface area contributed by atoms with Crippen molar-refractivity contribution in [1.82, 2.24) is 23.6 Å². The first-order valence-corrected chi connectivity index (χ1v) is 18.3. The van der Waals surface area contributed by atoms with E-state index in [1.807, 2.05) is 22.8 Å². The Morgan fingerprint density at radius 1 is 1.02 bits per heavy atom. The number of hydrogen-bond donors (Lipinski definition) is 0. The molecule has 0 radical (unpaired) electrons. The molecule has 0 saturated carbocycles. The molecule has 1 unspecified atom stereocenters. The lowest BCUT2D eigenvalue weighted by atomic mass is 9.91. The van der Waals surface area contributed by atoms with Gasteiger partial charge in [0.05, 0.1) is 33.5 Å². The fraction of sp³-hybridized carbons (Fsp3) is 0.371. The molecule has 1 aromatic carbocycles. The topological polar surface area (TPSA) is 91.1 Å². The second kappa shape index (κ2) is 13.2. The van der Waals surface area contributed by atoms with Crippen molar-refractivity contribution in [2.75, 3.05) is 37.3 Å². The van der Waals surface area contributed by atoms with Crippen molar-refractivity contribution >= 4 is 56.3 Å². The van der Waals surface area contributed by atoms with Crippen LogP contribution in [0.4, 0.5) is 15.3 Å². The molecule has 4 aromatic rings. The molecule has 1 atom stereocenters. The van der Waals surface area contributed by atoms with Crippen LogP contribution in [0.2, 0.25) is 0 Å². The third-order valence-electron chi connectivity index (χ3n) is 9.34. The summed E-state index contributed by atoms with van der Waals surface area (Å²) in [6.45, 7) is 3.82. The third-order valence-corrected chi connectivity index (χ3v) is 11.8. The minimum Gasteiger partial charge on any atom is -0.305 e. The van der Waals surface area contributed by atoms with Gasteiger partial charge in [-0.3, -0.25) is 18.9 Å². The predicted molar refractivity (Wildman–Crippen MR) is 184 cm³/mol. The number of fused-ring (bicyclic) bond motifs is 2. The number of nitrogens with zero attached hydrogens (tertiary/aromatic N) is 6. The molecule has 244 valence electrons. The van der Waals surface area contributed by atoms with Gasteiger partial charge in [-0.25, -0.2) is 22.9 Å². The molecule has 1 aliphatic carbocycles. The second-order valence-corrected chi connectivity index (χ2v) is 14.6. The van der Waals surface area contributed by atoms with E-state index in [4.69, 9.17) is 9.97 Å². The number of rotatable bonds is 10. The zero-order valence-corrected chi connectivity index (χ0v) is 28.2. The number of hydrogen-bond acceptors (Lipinski definition) is 7. The van der Waals surface area contributed by atoms with E-state index in [0.717, 1.165) is 65.9 Å². The molecule has 0 N–H and O–H groups in total. The minimum atomic E-state index is -1.17. The molecule has 5 heterocycles. The number of benzene rings is 1. The van der Waals surface area contributed by atoms with Crippen LogP contribution in [0.5, 0.6) is 0 Å². The molecular weight excluding hydrogens is 636 g/mol. The largest absolute Gasteiger partial charge is 0.305 e. The standard InChI is InChI=1S/C35H37FN6O3S2/c1-3-29-32(39(2)35-38-30(22-46-35)24-9-12-26(36)13-10-24)42-21-25(11-14-31(42)37-29)23-15-18-40(19-16-23)47(45)20-6-17-41-33(43)27-7-4-5-8-28(27)34(41)44/h4-5,7-9,11-12,14,21-23H,3,6,10,13,15-20H2,1-2H3. The highest BCUT2D eigenvalue weighted by Crippen LogP contribution is 2.36. The van der Waals surface area contributed by atoms with Crippen molar-refractivity contribution in [3.05, 3.63) is 94.0 Å². The van der Waals surface area contributed by atoms with Crippen LogP contribution in [0.1, 0.15) is 82.6 Å². The normalized spacial score (nSPS) is 18.1. The van der Waals surface area contributed by atoms with Crippen molar-refractivity contribution < 1.29 is 18.2 Å². The smallest absolute Gasteiger partial charge is 0.261 e. The van der Waals surface area contributed by atoms with Gasteiger partial charge in [0.2, 0.25) is 0 Å². The molecule has 1 saturated heterocycles. The molecule has 0 spiro atoms. The Morgan fingerprint density at radius 2 is 1.77 bits per heavy atom. The van der Waals surface area contributed by atoms with Gasteiger partial charge in [-0.05, 0) is 73.4 Å². The monoisotopic (exact) mass is 672 g/mol. The van der Waals surface area contributed by atoms with Crippen LogP contribution in [-0.4, -0.2) is 72.0 Å². The van der Waals surface area contributed by atoms with Gasteiger partial charge >= 0.3 is 0 Å². The highest BCUT2D eigenvalue weighted by molar-refractivity contribution is 7.82. The number of amides is 2. The first-order chi connectivity index (χ1) is 22.8. The fourth-order valence-electron chi connectivity index (χ4n) is 6.72. The Labute approximate surface area is 280 Å². The van der Waals surface area contributed by atoms with E-state index in [-0.39, 0.29) is 24.2 Å². The van der Waals surface area contributed by atoms with E-state index in [2.05, 4.69) is 34.6 Å². The maximum Gasteiger partial charge on any atom is 0.261 e. The van der Waals surface area contributed by atoms with Gasteiger partial charge in [0.15, 0.2) is 5.13 Å². The average Bonchev–Trinajstić information content (AvgIpc) is 3.80. The van der Waals surface area contributed by atoms with Gasteiger partial charge < -0.3 is 4.90 Å². The van der Waals surface area contributed by atoms with E-state index >= 15 is 0 Å². The third kappa shape index (κ3) is 6.10. The number of imidazole rings is 1. The Bertz CT molecular complexity index is 1900. The summed E-state index contributed by atoms with van der Waals surface area (Å²) in [5, 5.41) is 2.90. The van der Waals surface area contributed by atoms with Crippen molar-refractivity contribution in [1.29, 1.82) is 0 Å². The average molecular weight is 673 g/mol. The number of carbonyl (C=O) groups is 2. The maximum atomic E-state index is 13.5. The number of thiazole rings is 1. The Kier molecular flexibility index (Phi) is 8.91. The summed E-state index contributed by atoms with van der Waals surface area (Å²) in [7, 11) is 0.850. The van der Waals surface area contributed by atoms with Crippen LogP contribution in [0.15, 0.2) is 66.0 Å². The summed E-state index contributed by atoms with van der Waals surface area (Å²) in [6, 6.07) is 11.1. The van der Waals surface area contributed by atoms with Crippen LogP contribution in [0.25, 0.3) is 11.2 Å². The summed E-state index contributed by atoms with van der Waals surface area (Å²) in [4.78, 5) is 38.5. The fourth-order valence-corrected chi connectivity index (χ4v) is 8.79. The quantitative estimate of drug-likeness (QED) is 0.175. The number of anilines is 2. The number of halogens is 1. The molecule has 47 heavy (non-hydrogen) atoms. The van der Waals surface area contributed by atoms with Gasteiger partial charge in [-0.1, -0.05) is 31.2 Å². The van der Waals surface area contributed by atoms with Gasteiger partial charge in [-0.15, -0.1) is 11.3 Å². The minimum absolute atomic E-state index is 0.0910. The van der Waals surface area contributed by atoms with E-state index in [0.29, 0.717) is 42.1 Å². The van der Waals surface area contributed by atoms with Gasteiger partial charge in [-0.2, -0.15) is 0 Å². The molecule has 2 amide bonds. The molecule has 3 aliphatic rings. The van der Waals surface area contributed by atoms with Crippen LogP contribution < -0.4 is 4.90 Å². The number of allylic oxidation sites excluding steroid dienone is 4. The van der Waals surface area contributed by atoms with Gasteiger partial charge in [0.25, 0.3) is 11.8 Å². The summed E-state index contributed by atoms with van der Waals surface area (Å²) < 4.78 is 30.9. The highest BCUT2D eigenvalue weighted by atomic mass is 32.2. The summed E-state index contributed by atoms with van der Waals surface area (Å²) in [6.07, 6.45) is 9.67. The molecule has 0 bridgehead atoms.